The first-order valence-corrected chi connectivity index (χ1v) is 8.46. The predicted octanol–water partition coefficient (Wildman–Crippen LogP) is 2.86. The number of ether oxygens (including phenoxy) is 1. The summed E-state index contributed by atoms with van der Waals surface area (Å²) in [5, 5.41) is 3.97. The van der Waals surface area contributed by atoms with E-state index in [1.165, 1.54) is 11.3 Å². The van der Waals surface area contributed by atoms with Crippen LogP contribution in [0.5, 0.6) is 5.75 Å². The van der Waals surface area contributed by atoms with E-state index in [9.17, 15) is 4.79 Å². The SMILES string of the molecule is CCCN(CCC)c1sc(C(=O)NC2CC2)c(N)c1OC. The minimum Gasteiger partial charge on any atom is -0.492 e. The van der Waals surface area contributed by atoms with Gasteiger partial charge in [0.1, 0.15) is 15.6 Å². The van der Waals surface area contributed by atoms with Gasteiger partial charge in [-0.15, -0.1) is 11.3 Å². The molecule has 0 spiro atoms. The number of hydrogen-bond donors (Lipinski definition) is 2. The zero-order valence-electron chi connectivity index (χ0n) is 13.1. The van der Waals surface area contributed by atoms with Gasteiger partial charge in [-0.3, -0.25) is 4.79 Å². The van der Waals surface area contributed by atoms with E-state index in [4.69, 9.17) is 10.5 Å². The zero-order valence-corrected chi connectivity index (χ0v) is 13.9. The molecule has 0 saturated heterocycles. The maximum atomic E-state index is 12.3. The Morgan fingerprint density at radius 1 is 1.38 bits per heavy atom. The number of thiophene rings is 1. The van der Waals surface area contributed by atoms with E-state index < -0.39 is 0 Å². The Hall–Kier alpha value is -1.43. The van der Waals surface area contributed by atoms with Gasteiger partial charge in [-0.05, 0) is 25.7 Å². The van der Waals surface area contributed by atoms with Crippen LogP contribution in [0.2, 0.25) is 0 Å². The normalized spacial score (nSPS) is 14.0. The molecule has 0 radical (unpaired) electrons. The van der Waals surface area contributed by atoms with Crippen molar-refractivity contribution in [2.45, 2.75) is 45.6 Å². The van der Waals surface area contributed by atoms with E-state index in [1.54, 1.807) is 7.11 Å². The van der Waals surface area contributed by atoms with Crippen LogP contribution in [0.3, 0.4) is 0 Å². The molecular formula is C15H25N3O2S. The highest BCUT2D eigenvalue weighted by Gasteiger charge is 2.29. The Kier molecular flexibility index (Phi) is 5.33. The lowest BCUT2D eigenvalue weighted by Crippen LogP contribution is -2.25. The predicted molar refractivity (Wildman–Crippen MR) is 88.6 cm³/mol. The highest BCUT2D eigenvalue weighted by molar-refractivity contribution is 7.19. The molecule has 6 heteroatoms. The van der Waals surface area contributed by atoms with Gasteiger partial charge in [0.2, 0.25) is 0 Å². The first-order valence-electron chi connectivity index (χ1n) is 7.64. The van der Waals surface area contributed by atoms with Gasteiger partial charge in [-0.25, -0.2) is 0 Å². The third-order valence-electron chi connectivity index (χ3n) is 3.48. The molecule has 1 aromatic heterocycles. The lowest BCUT2D eigenvalue weighted by molar-refractivity contribution is 0.0956. The molecule has 21 heavy (non-hydrogen) atoms. The molecule has 1 heterocycles. The van der Waals surface area contributed by atoms with Gasteiger partial charge in [-0.2, -0.15) is 0 Å². The van der Waals surface area contributed by atoms with Crippen LogP contribution in [0.25, 0.3) is 0 Å². The van der Waals surface area contributed by atoms with Crippen molar-refractivity contribution in [1.29, 1.82) is 0 Å². The number of nitrogens with two attached hydrogens (primary N) is 1. The Morgan fingerprint density at radius 2 is 2.00 bits per heavy atom. The fourth-order valence-corrected chi connectivity index (χ4v) is 3.47. The standard InChI is InChI=1S/C15H25N3O2S/c1-4-8-18(9-5-2)15-12(20-3)11(16)13(21-15)14(19)17-10-6-7-10/h10H,4-9,16H2,1-3H3,(H,17,19). The van der Waals surface area contributed by atoms with Crippen LogP contribution in [-0.2, 0) is 0 Å². The van der Waals surface area contributed by atoms with Crippen molar-refractivity contribution >= 4 is 27.9 Å². The smallest absolute Gasteiger partial charge is 0.263 e. The van der Waals surface area contributed by atoms with E-state index in [0.717, 1.165) is 43.8 Å². The molecule has 0 atom stereocenters. The second-order valence-electron chi connectivity index (χ2n) is 5.42. The Balaban J connectivity index is 2.28. The van der Waals surface area contributed by atoms with Gasteiger partial charge in [-0.1, -0.05) is 13.8 Å². The number of carbonyl (C=O) groups is 1. The van der Waals surface area contributed by atoms with Crippen LogP contribution in [0.1, 0.15) is 49.2 Å². The van der Waals surface area contributed by atoms with Crippen LogP contribution >= 0.6 is 11.3 Å². The third kappa shape index (κ3) is 3.61. The number of methoxy groups -OCH3 is 1. The summed E-state index contributed by atoms with van der Waals surface area (Å²) in [6.07, 6.45) is 4.23. The van der Waals surface area contributed by atoms with E-state index in [-0.39, 0.29) is 5.91 Å². The van der Waals surface area contributed by atoms with Crippen LogP contribution in [0.15, 0.2) is 0 Å². The van der Waals surface area contributed by atoms with Crippen molar-refractivity contribution < 1.29 is 9.53 Å². The Bertz CT molecular complexity index is 491. The molecule has 5 nitrogen and oxygen atoms in total. The second-order valence-corrected chi connectivity index (χ2v) is 6.42. The number of anilines is 2. The molecule has 0 bridgehead atoms. The van der Waals surface area contributed by atoms with E-state index in [0.29, 0.717) is 22.4 Å². The molecule has 3 N–H and O–H groups in total. The number of rotatable bonds is 8. The fourth-order valence-electron chi connectivity index (χ4n) is 2.32. The van der Waals surface area contributed by atoms with Crippen LogP contribution in [0.4, 0.5) is 10.7 Å². The Morgan fingerprint density at radius 3 is 2.48 bits per heavy atom. The molecule has 1 aromatic rings. The maximum absolute atomic E-state index is 12.3. The number of nitrogens with one attached hydrogen (secondary N) is 1. The van der Waals surface area contributed by atoms with Crippen LogP contribution < -0.4 is 20.7 Å². The van der Waals surface area contributed by atoms with Gasteiger partial charge in [0.25, 0.3) is 5.91 Å². The highest BCUT2D eigenvalue weighted by Crippen LogP contribution is 2.45. The summed E-state index contributed by atoms with van der Waals surface area (Å²) >= 11 is 1.44. The highest BCUT2D eigenvalue weighted by atomic mass is 32.1. The summed E-state index contributed by atoms with van der Waals surface area (Å²) in [5.41, 5.74) is 6.61. The van der Waals surface area contributed by atoms with E-state index >= 15 is 0 Å². The summed E-state index contributed by atoms with van der Waals surface area (Å²) < 4.78 is 5.46. The minimum atomic E-state index is -0.0718. The van der Waals surface area contributed by atoms with Gasteiger partial charge >= 0.3 is 0 Å². The average molecular weight is 311 g/mol. The lowest BCUT2D eigenvalue weighted by atomic mass is 10.3. The summed E-state index contributed by atoms with van der Waals surface area (Å²) in [5.74, 6) is 0.570. The number of nitrogens with zero attached hydrogens (tertiary/aromatic N) is 1. The lowest BCUT2D eigenvalue weighted by Gasteiger charge is -2.22. The van der Waals surface area contributed by atoms with Crippen molar-refractivity contribution in [2.24, 2.45) is 0 Å². The summed E-state index contributed by atoms with van der Waals surface area (Å²) in [7, 11) is 1.61. The number of nitrogen functional groups attached to an aromatic ring is 1. The minimum absolute atomic E-state index is 0.0718. The first-order chi connectivity index (χ1) is 10.1. The number of carbonyl (C=O) groups excluding carboxylic acids is 1. The molecule has 2 rings (SSSR count). The molecule has 118 valence electrons. The maximum Gasteiger partial charge on any atom is 0.263 e. The van der Waals surface area contributed by atoms with E-state index in [2.05, 4.69) is 24.1 Å². The molecule has 1 saturated carbocycles. The molecule has 0 unspecified atom stereocenters. The summed E-state index contributed by atoms with van der Waals surface area (Å²) in [6, 6.07) is 0.329. The second kappa shape index (κ2) is 7.02. The summed E-state index contributed by atoms with van der Waals surface area (Å²) in [6.45, 7) is 6.17. The molecule has 1 aliphatic carbocycles. The van der Waals surface area contributed by atoms with Gasteiger partial charge in [0, 0.05) is 19.1 Å². The molecule has 1 amide bonds. The average Bonchev–Trinajstić information content (AvgIpc) is 3.20. The quantitative estimate of drug-likeness (QED) is 0.774. The molecule has 0 aromatic carbocycles. The first kappa shape index (κ1) is 15.9. The van der Waals surface area contributed by atoms with Gasteiger partial charge in [0.05, 0.1) is 7.11 Å². The van der Waals surface area contributed by atoms with Crippen molar-refractivity contribution in [3.05, 3.63) is 4.88 Å². The van der Waals surface area contributed by atoms with E-state index in [1.807, 2.05) is 0 Å². The molecule has 1 aliphatic rings. The number of hydrogen-bond acceptors (Lipinski definition) is 5. The Labute approximate surface area is 130 Å². The molecule has 0 aliphatic heterocycles. The van der Waals surface area contributed by atoms with Crippen molar-refractivity contribution in [3.63, 3.8) is 0 Å². The largest absolute Gasteiger partial charge is 0.492 e. The van der Waals surface area contributed by atoms with Crippen LogP contribution in [0, 0.1) is 0 Å². The molecular weight excluding hydrogens is 286 g/mol. The monoisotopic (exact) mass is 311 g/mol. The fraction of sp³-hybridized carbons (Fsp3) is 0.667. The molecule has 1 fully saturated rings. The van der Waals surface area contributed by atoms with Gasteiger partial charge in [0.15, 0.2) is 5.75 Å². The van der Waals surface area contributed by atoms with Crippen molar-refractivity contribution in [2.75, 3.05) is 30.8 Å². The zero-order chi connectivity index (χ0) is 15.4. The topological polar surface area (TPSA) is 67.6 Å². The van der Waals surface area contributed by atoms with Gasteiger partial charge < -0.3 is 20.7 Å². The van der Waals surface area contributed by atoms with Crippen molar-refractivity contribution in [1.82, 2.24) is 5.32 Å². The summed E-state index contributed by atoms with van der Waals surface area (Å²) in [4.78, 5) is 15.1. The van der Waals surface area contributed by atoms with Crippen LogP contribution in [-0.4, -0.2) is 32.1 Å². The third-order valence-corrected chi connectivity index (χ3v) is 4.73. The number of amides is 1. The van der Waals surface area contributed by atoms with Crippen molar-refractivity contribution in [3.8, 4) is 5.75 Å².